The number of nitrogens with zero attached hydrogens (tertiary/aromatic N) is 2. The number of hydrogen-bond donors (Lipinski definition) is 2. The number of carbonyl (C=O) groups is 1. The van der Waals surface area contributed by atoms with E-state index in [-0.39, 0.29) is 12.0 Å². The number of aryl methyl sites for hydroxylation is 1. The van der Waals surface area contributed by atoms with Crippen LogP contribution in [0.3, 0.4) is 0 Å². The van der Waals surface area contributed by atoms with Crippen molar-refractivity contribution >= 4 is 23.2 Å². The lowest BCUT2D eigenvalue weighted by Crippen LogP contribution is -2.14. The van der Waals surface area contributed by atoms with Gasteiger partial charge < -0.3 is 15.4 Å². The molecule has 2 N–H and O–H groups in total. The standard InChI is InChI=1S/C22H24N4O2/c1-4-16-7-5-6-8-20(16)26-21(27)17-13-23-22(24-14-17)25-18-9-11-19(12-10-18)28-15(2)3/h5-15H,4H2,1-3H3,(H,26,27)(H,23,24,25). The minimum atomic E-state index is -0.234. The quantitative estimate of drug-likeness (QED) is 0.618. The van der Waals surface area contributed by atoms with E-state index in [2.05, 4.69) is 27.5 Å². The number of rotatable bonds is 7. The molecule has 1 amide bonds. The second kappa shape index (κ2) is 8.99. The van der Waals surface area contributed by atoms with E-state index in [1.165, 1.54) is 12.4 Å². The molecule has 0 aliphatic rings. The molecule has 2 aromatic carbocycles. The molecular formula is C22H24N4O2. The third-order valence-electron chi connectivity index (χ3n) is 4.04. The molecule has 0 saturated carbocycles. The van der Waals surface area contributed by atoms with Crippen LogP contribution < -0.4 is 15.4 Å². The summed E-state index contributed by atoms with van der Waals surface area (Å²) in [6, 6.07) is 15.3. The average molecular weight is 376 g/mol. The van der Waals surface area contributed by atoms with E-state index in [1.54, 1.807) is 0 Å². The summed E-state index contributed by atoms with van der Waals surface area (Å²) >= 11 is 0. The Morgan fingerprint density at radius 3 is 2.36 bits per heavy atom. The SMILES string of the molecule is CCc1ccccc1NC(=O)c1cnc(Nc2ccc(OC(C)C)cc2)nc1. The molecular weight excluding hydrogens is 352 g/mol. The molecule has 6 nitrogen and oxygen atoms in total. The first-order valence-electron chi connectivity index (χ1n) is 9.30. The van der Waals surface area contributed by atoms with Gasteiger partial charge in [-0.15, -0.1) is 0 Å². The minimum absolute atomic E-state index is 0.130. The minimum Gasteiger partial charge on any atom is -0.491 e. The summed E-state index contributed by atoms with van der Waals surface area (Å²) in [6.07, 6.45) is 3.99. The van der Waals surface area contributed by atoms with E-state index >= 15 is 0 Å². The average Bonchev–Trinajstić information content (AvgIpc) is 2.70. The highest BCUT2D eigenvalue weighted by Gasteiger charge is 2.10. The number of carbonyl (C=O) groups excluding carboxylic acids is 1. The van der Waals surface area contributed by atoms with Crippen LogP contribution in [0.5, 0.6) is 5.75 Å². The van der Waals surface area contributed by atoms with Crippen molar-refractivity contribution in [2.45, 2.75) is 33.3 Å². The maximum atomic E-state index is 12.5. The first kappa shape index (κ1) is 19.4. The molecule has 3 aromatic rings. The van der Waals surface area contributed by atoms with Crippen LogP contribution in [0.1, 0.15) is 36.7 Å². The lowest BCUT2D eigenvalue weighted by molar-refractivity contribution is 0.102. The molecule has 0 spiro atoms. The van der Waals surface area contributed by atoms with Gasteiger partial charge in [0.2, 0.25) is 5.95 Å². The summed E-state index contributed by atoms with van der Waals surface area (Å²) in [7, 11) is 0. The third kappa shape index (κ3) is 5.07. The smallest absolute Gasteiger partial charge is 0.258 e. The van der Waals surface area contributed by atoms with Gasteiger partial charge in [0.25, 0.3) is 5.91 Å². The van der Waals surface area contributed by atoms with Crippen LogP contribution in [0.15, 0.2) is 60.9 Å². The zero-order chi connectivity index (χ0) is 19.9. The van der Waals surface area contributed by atoms with Crippen molar-refractivity contribution in [3.8, 4) is 5.75 Å². The number of nitrogens with one attached hydrogen (secondary N) is 2. The Kier molecular flexibility index (Phi) is 6.22. The Bertz CT molecular complexity index is 922. The molecule has 0 aliphatic heterocycles. The lowest BCUT2D eigenvalue weighted by Gasteiger charge is -2.11. The highest BCUT2D eigenvalue weighted by atomic mass is 16.5. The van der Waals surface area contributed by atoms with Crippen molar-refractivity contribution in [3.05, 3.63) is 72.1 Å². The summed E-state index contributed by atoms with van der Waals surface area (Å²) < 4.78 is 5.62. The fourth-order valence-electron chi connectivity index (χ4n) is 2.67. The van der Waals surface area contributed by atoms with E-state index < -0.39 is 0 Å². The van der Waals surface area contributed by atoms with E-state index in [1.807, 2.05) is 62.4 Å². The van der Waals surface area contributed by atoms with Crippen molar-refractivity contribution in [1.29, 1.82) is 0 Å². The topological polar surface area (TPSA) is 76.1 Å². The predicted octanol–water partition coefficient (Wildman–Crippen LogP) is 4.82. The molecule has 3 rings (SSSR count). The van der Waals surface area contributed by atoms with Gasteiger partial charge in [0, 0.05) is 23.8 Å². The number of hydrogen-bond acceptors (Lipinski definition) is 5. The van der Waals surface area contributed by atoms with Crippen LogP contribution in [-0.4, -0.2) is 22.0 Å². The van der Waals surface area contributed by atoms with Gasteiger partial charge in [-0.05, 0) is 56.2 Å². The number of amides is 1. The van der Waals surface area contributed by atoms with Gasteiger partial charge in [-0.25, -0.2) is 9.97 Å². The van der Waals surface area contributed by atoms with Crippen LogP contribution in [-0.2, 0) is 6.42 Å². The molecule has 144 valence electrons. The van der Waals surface area contributed by atoms with Gasteiger partial charge in [-0.3, -0.25) is 4.79 Å². The Hall–Kier alpha value is -3.41. The molecule has 6 heteroatoms. The molecule has 0 bridgehead atoms. The van der Waals surface area contributed by atoms with E-state index in [9.17, 15) is 4.79 Å². The second-order valence-corrected chi connectivity index (χ2v) is 6.58. The van der Waals surface area contributed by atoms with Crippen molar-refractivity contribution in [2.24, 2.45) is 0 Å². The van der Waals surface area contributed by atoms with E-state index in [0.29, 0.717) is 11.5 Å². The molecule has 0 fully saturated rings. The summed E-state index contributed by atoms with van der Waals surface area (Å²) in [5.41, 5.74) is 3.13. The number of para-hydroxylation sites is 1. The summed E-state index contributed by atoms with van der Waals surface area (Å²) in [5.74, 6) is 0.992. The Balaban J connectivity index is 1.63. The van der Waals surface area contributed by atoms with Crippen molar-refractivity contribution < 1.29 is 9.53 Å². The molecule has 0 saturated heterocycles. The fraction of sp³-hybridized carbons (Fsp3) is 0.227. The van der Waals surface area contributed by atoms with Crippen LogP contribution >= 0.6 is 0 Å². The largest absolute Gasteiger partial charge is 0.491 e. The molecule has 1 aromatic heterocycles. The fourth-order valence-corrected chi connectivity index (χ4v) is 2.67. The van der Waals surface area contributed by atoms with Crippen LogP contribution in [0.25, 0.3) is 0 Å². The van der Waals surface area contributed by atoms with Gasteiger partial charge in [0.1, 0.15) is 5.75 Å². The van der Waals surface area contributed by atoms with Crippen LogP contribution in [0, 0.1) is 0 Å². The number of anilines is 3. The summed E-state index contributed by atoms with van der Waals surface area (Å²) in [4.78, 5) is 20.9. The molecule has 0 unspecified atom stereocenters. The van der Waals surface area contributed by atoms with E-state index in [0.717, 1.165) is 29.1 Å². The number of ether oxygens (including phenoxy) is 1. The van der Waals surface area contributed by atoms with Crippen LogP contribution in [0.2, 0.25) is 0 Å². The molecule has 0 atom stereocenters. The first-order chi connectivity index (χ1) is 13.5. The first-order valence-corrected chi connectivity index (χ1v) is 9.30. The highest BCUT2D eigenvalue weighted by molar-refractivity contribution is 6.04. The Morgan fingerprint density at radius 2 is 1.71 bits per heavy atom. The highest BCUT2D eigenvalue weighted by Crippen LogP contribution is 2.20. The van der Waals surface area contributed by atoms with Crippen molar-refractivity contribution in [2.75, 3.05) is 10.6 Å². The van der Waals surface area contributed by atoms with Gasteiger partial charge in [0.15, 0.2) is 0 Å². The maximum Gasteiger partial charge on any atom is 0.258 e. The van der Waals surface area contributed by atoms with Gasteiger partial charge in [0.05, 0.1) is 11.7 Å². The van der Waals surface area contributed by atoms with Crippen molar-refractivity contribution in [1.82, 2.24) is 9.97 Å². The number of aromatic nitrogens is 2. The zero-order valence-electron chi connectivity index (χ0n) is 16.3. The lowest BCUT2D eigenvalue weighted by atomic mass is 10.1. The van der Waals surface area contributed by atoms with E-state index in [4.69, 9.17) is 4.74 Å². The Labute approximate surface area is 165 Å². The number of benzene rings is 2. The third-order valence-corrected chi connectivity index (χ3v) is 4.04. The maximum absolute atomic E-state index is 12.5. The molecule has 1 heterocycles. The normalized spacial score (nSPS) is 10.6. The van der Waals surface area contributed by atoms with Crippen molar-refractivity contribution in [3.63, 3.8) is 0 Å². The zero-order valence-corrected chi connectivity index (χ0v) is 16.3. The van der Waals surface area contributed by atoms with Gasteiger partial charge >= 0.3 is 0 Å². The second-order valence-electron chi connectivity index (χ2n) is 6.58. The molecule has 0 radical (unpaired) electrons. The van der Waals surface area contributed by atoms with Gasteiger partial charge in [-0.1, -0.05) is 25.1 Å². The van der Waals surface area contributed by atoms with Crippen LogP contribution in [0.4, 0.5) is 17.3 Å². The van der Waals surface area contributed by atoms with Gasteiger partial charge in [-0.2, -0.15) is 0 Å². The predicted molar refractivity (Wildman–Crippen MR) is 111 cm³/mol. The monoisotopic (exact) mass is 376 g/mol. The summed E-state index contributed by atoms with van der Waals surface area (Å²) in [6.45, 7) is 6.02. The summed E-state index contributed by atoms with van der Waals surface area (Å²) in [5, 5.41) is 6.02. The molecule has 28 heavy (non-hydrogen) atoms. The Morgan fingerprint density at radius 1 is 1.04 bits per heavy atom. The molecule has 0 aliphatic carbocycles.